The lowest BCUT2D eigenvalue weighted by molar-refractivity contribution is -0.119. The summed E-state index contributed by atoms with van der Waals surface area (Å²) in [6, 6.07) is 9.65. The maximum atomic E-state index is 11.7. The van der Waals surface area contributed by atoms with E-state index in [-0.39, 0.29) is 18.6 Å². The van der Waals surface area contributed by atoms with Gasteiger partial charge in [0.15, 0.2) is 0 Å². The minimum atomic E-state index is -0.121. The van der Waals surface area contributed by atoms with Gasteiger partial charge < -0.3 is 15.2 Å². The molecular formula is C13H19NO3S. The molecule has 1 atom stereocenters. The average Bonchev–Trinajstić information content (AvgIpc) is 2.38. The van der Waals surface area contributed by atoms with Crippen molar-refractivity contribution in [2.45, 2.75) is 17.4 Å². The maximum absolute atomic E-state index is 11.7. The quantitative estimate of drug-likeness (QED) is 0.698. The van der Waals surface area contributed by atoms with Gasteiger partial charge in [-0.25, -0.2) is 0 Å². The summed E-state index contributed by atoms with van der Waals surface area (Å²) in [7, 11) is 1.58. The van der Waals surface area contributed by atoms with Gasteiger partial charge in [-0.15, -0.1) is 11.8 Å². The summed E-state index contributed by atoms with van der Waals surface area (Å²) in [5, 5.41) is 11.7. The van der Waals surface area contributed by atoms with E-state index in [2.05, 4.69) is 5.32 Å². The molecule has 0 aliphatic heterocycles. The first kappa shape index (κ1) is 15.0. The topological polar surface area (TPSA) is 58.6 Å². The summed E-state index contributed by atoms with van der Waals surface area (Å²) in [6.07, 6.45) is 0.510. The van der Waals surface area contributed by atoms with Crippen LogP contribution in [0.1, 0.15) is 6.42 Å². The highest BCUT2D eigenvalue weighted by Crippen LogP contribution is 2.16. The van der Waals surface area contributed by atoms with Crippen LogP contribution in [-0.2, 0) is 9.53 Å². The van der Waals surface area contributed by atoms with Crippen molar-refractivity contribution in [2.75, 3.05) is 26.1 Å². The lowest BCUT2D eigenvalue weighted by Gasteiger charge is -2.16. The van der Waals surface area contributed by atoms with Crippen LogP contribution in [-0.4, -0.2) is 43.1 Å². The van der Waals surface area contributed by atoms with Crippen molar-refractivity contribution in [2.24, 2.45) is 0 Å². The van der Waals surface area contributed by atoms with E-state index in [1.807, 2.05) is 30.3 Å². The molecule has 1 unspecified atom stereocenters. The predicted octanol–water partition coefficient (Wildman–Crippen LogP) is 1.29. The zero-order valence-electron chi connectivity index (χ0n) is 10.5. The van der Waals surface area contributed by atoms with Crippen molar-refractivity contribution in [1.82, 2.24) is 5.32 Å². The Bertz CT molecular complexity index is 339. The van der Waals surface area contributed by atoms with Crippen LogP contribution >= 0.6 is 11.8 Å². The van der Waals surface area contributed by atoms with Crippen LogP contribution in [0, 0.1) is 0 Å². The van der Waals surface area contributed by atoms with Gasteiger partial charge in [0.25, 0.3) is 0 Å². The summed E-state index contributed by atoms with van der Waals surface area (Å²) in [4.78, 5) is 12.8. The van der Waals surface area contributed by atoms with Gasteiger partial charge in [0.2, 0.25) is 5.91 Å². The maximum Gasteiger partial charge on any atom is 0.230 e. The largest absolute Gasteiger partial charge is 0.396 e. The van der Waals surface area contributed by atoms with Crippen molar-refractivity contribution >= 4 is 17.7 Å². The fourth-order valence-corrected chi connectivity index (χ4v) is 2.22. The summed E-state index contributed by atoms with van der Waals surface area (Å²) in [5.74, 6) is 0.328. The second-order valence-corrected chi connectivity index (χ2v) is 4.88. The fraction of sp³-hybridized carbons (Fsp3) is 0.462. The number of hydrogen-bond acceptors (Lipinski definition) is 4. The third-order valence-corrected chi connectivity index (χ3v) is 3.34. The molecule has 1 aromatic rings. The highest BCUT2D eigenvalue weighted by Gasteiger charge is 2.11. The molecular weight excluding hydrogens is 250 g/mol. The number of benzene rings is 1. The number of ether oxygens (including phenoxy) is 1. The molecule has 0 spiro atoms. The first-order valence-corrected chi connectivity index (χ1v) is 6.82. The van der Waals surface area contributed by atoms with Crippen molar-refractivity contribution in [3.8, 4) is 0 Å². The van der Waals surface area contributed by atoms with Gasteiger partial charge in [-0.2, -0.15) is 0 Å². The Morgan fingerprint density at radius 1 is 1.44 bits per heavy atom. The van der Waals surface area contributed by atoms with Crippen molar-refractivity contribution < 1.29 is 14.6 Å². The van der Waals surface area contributed by atoms with Gasteiger partial charge in [-0.3, -0.25) is 4.79 Å². The lowest BCUT2D eigenvalue weighted by atomic mass is 10.2. The van der Waals surface area contributed by atoms with Gasteiger partial charge in [-0.05, 0) is 18.6 Å². The van der Waals surface area contributed by atoms with Crippen molar-refractivity contribution in [3.63, 3.8) is 0 Å². The van der Waals surface area contributed by atoms with E-state index in [0.717, 1.165) is 4.90 Å². The second kappa shape index (κ2) is 8.97. The number of methoxy groups -OCH3 is 1. The summed E-state index contributed by atoms with van der Waals surface area (Å²) >= 11 is 1.49. The molecule has 2 N–H and O–H groups in total. The highest BCUT2D eigenvalue weighted by molar-refractivity contribution is 8.00. The Hall–Kier alpha value is -1.04. The highest BCUT2D eigenvalue weighted by atomic mass is 32.2. The predicted molar refractivity (Wildman–Crippen MR) is 72.7 cm³/mol. The lowest BCUT2D eigenvalue weighted by Crippen LogP contribution is -2.39. The van der Waals surface area contributed by atoms with Crippen molar-refractivity contribution in [3.05, 3.63) is 30.3 Å². The van der Waals surface area contributed by atoms with Crippen LogP contribution in [0.3, 0.4) is 0 Å². The molecule has 0 aliphatic rings. The fourth-order valence-electron chi connectivity index (χ4n) is 1.49. The zero-order chi connectivity index (χ0) is 13.2. The molecule has 100 valence electrons. The van der Waals surface area contributed by atoms with E-state index < -0.39 is 0 Å². The Balaban J connectivity index is 2.31. The molecule has 1 rings (SSSR count). The van der Waals surface area contributed by atoms with Crippen LogP contribution in [0.5, 0.6) is 0 Å². The van der Waals surface area contributed by atoms with Gasteiger partial charge in [0.1, 0.15) is 0 Å². The first-order chi connectivity index (χ1) is 8.76. The molecule has 0 fully saturated rings. The number of carbonyl (C=O) groups is 1. The number of nitrogens with one attached hydrogen (secondary N) is 1. The number of amides is 1. The van der Waals surface area contributed by atoms with E-state index >= 15 is 0 Å². The van der Waals surface area contributed by atoms with E-state index in [1.165, 1.54) is 11.8 Å². The molecule has 0 aliphatic carbocycles. The Morgan fingerprint density at radius 2 is 2.17 bits per heavy atom. The Morgan fingerprint density at radius 3 is 2.78 bits per heavy atom. The zero-order valence-corrected chi connectivity index (χ0v) is 11.3. The molecule has 0 saturated carbocycles. The van der Waals surface area contributed by atoms with E-state index in [1.54, 1.807) is 7.11 Å². The Labute approximate surface area is 112 Å². The number of carbonyl (C=O) groups excluding carboxylic acids is 1. The van der Waals surface area contributed by atoms with Crippen LogP contribution in [0.15, 0.2) is 35.2 Å². The molecule has 1 amide bonds. The number of thioether (sulfide) groups is 1. The van der Waals surface area contributed by atoms with Crippen LogP contribution in [0.25, 0.3) is 0 Å². The third kappa shape index (κ3) is 6.05. The standard InChI is InChI=1S/C13H19NO3S/c1-17-9-11(7-8-15)14-13(16)10-18-12-5-3-2-4-6-12/h2-6,11,15H,7-10H2,1H3,(H,14,16). The van der Waals surface area contributed by atoms with E-state index in [9.17, 15) is 4.79 Å². The van der Waals surface area contributed by atoms with Crippen LogP contribution in [0.4, 0.5) is 0 Å². The molecule has 0 heterocycles. The molecule has 0 saturated heterocycles. The van der Waals surface area contributed by atoms with E-state index in [4.69, 9.17) is 9.84 Å². The summed E-state index contributed by atoms with van der Waals surface area (Å²) < 4.78 is 4.99. The summed E-state index contributed by atoms with van der Waals surface area (Å²) in [5.41, 5.74) is 0. The van der Waals surface area contributed by atoms with Crippen LogP contribution in [0.2, 0.25) is 0 Å². The molecule has 0 radical (unpaired) electrons. The first-order valence-electron chi connectivity index (χ1n) is 5.83. The number of aliphatic hydroxyl groups is 1. The molecule has 5 heteroatoms. The minimum Gasteiger partial charge on any atom is -0.396 e. The normalized spacial score (nSPS) is 12.1. The molecule has 18 heavy (non-hydrogen) atoms. The Kier molecular flexibility index (Phi) is 7.48. The minimum absolute atomic E-state index is 0.0418. The molecule has 4 nitrogen and oxygen atoms in total. The second-order valence-electron chi connectivity index (χ2n) is 3.83. The molecule has 0 bridgehead atoms. The van der Waals surface area contributed by atoms with Gasteiger partial charge in [0.05, 0.1) is 18.4 Å². The monoisotopic (exact) mass is 269 g/mol. The van der Waals surface area contributed by atoms with Gasteiger partial charge in [-0.1, -0.05) is 18.2 Å². The summed E-state index contributed by atoms with van der Waals surface area (Å²) in [6.45, 7) is 0.461. The van der Waals surface area contributed by atoms with E-state index in [0.29, 0.717) is 18.8 Å². The van der Waals surface area contributed by atoms with Crippen molar-refractivity contribution in [1.29, 1.82) is 0 Å². The SMILES string of the molecule is COCC(CCO)NC(=O)CSc1ccccc1. The number of hydrogen-bond donors (Lipinski definition) is 2. The van der Waals surface area contributed by atoms with Gasteiger partial charge >= 0.3 is 0 Å². The number of rotatable bonds is 8. The third-order valence-electron chi connectivity index (χ3n) is 2.32. The smallest absolute Gasteiger partial charge is 0.230 e. The van der Waals surface area contributed by atoms with Gasteiger partial charge in [0, 0.05) is 18.6 Å². The van der Waals surface area contributed by atoms with Crippen LogP contribution < -0.4 is 5.32 Å². The number of aliphatic hydroxyl groups excluding tert-OH is 1. The average molecular weight is 269 g/mol. The molecule has 1 aromatic carbocycles. The molecule has 0 aromatic heterocycles.